The van der Waals surface area contributed by atoms with Gasteiger partial charge in [0.1, 0.15) is 17.2 Å². The highest BCUT2D eigenvalue weighted by atomic mass is 19.3. The largest absolute Gasteiger partial charge is 0.329 e. The Labute approximate surface area is 233 Å². The fourth-order valence-corrected chi connectivity index (χ4v) is 4.48. The van der Waals surface area contributed by atoms with Crippen LogP contribution in [0.5, 0.6) is 0 Å². The number of aromatic amines is 1. The molecule has 0 spiro atoms. The van der Waals surface area contributed by atoms with E-state index in [0.29, 0.717) is 34.2 Å². The van der Waals surface area contributed by atoms with E-state index >= 15 is 0 Å². The minimum absolute atomic E-state index is 0.143. The number of fused-ring (bicyclic) bond motifs is 1. The molecular weight excluding hydrogens is 526 g/mol. The van der Waals surface area contributed by atoms with E-state index in [9.17, 15) is 13.6 Å². The number of carbonyl (C=O) groups is 1. The lowest BCUT2D eigenvalue weighted by atomic mass is 10.2. The fourth-order valence-electron chi connectivity index (χ4n) is 4.48. The highest BCUT2D eigenvalue weighted by Gasteiger charge is 2.24. The standard InChI is InChI=1S/C30H22F2N8O/c1-19(41)39(20-9-4-2-5-10-20)25-17-22(15-16-33-25)40(21-11-6-3-7-12-21)30-26-29(35-18-34-26)37-28(38-30)24-14-8-13-23(36-24)27(31)32/h2-18,27H,1H3,(H,34,35,37,38). The lowest BCUT2D eigenvalue weighted by Crippen LogP contribution is -2.24. The fraction of sp³-hybridized carbons (Fsp3) is 0.0667. The Kier molecular flexibility index (Phi) is 6.82. The van der Waals surface area contributed by atoms with Crippen molar-refractivity contribution in [2.45, 2.75) is 13.3 Å². The number of amides is 1. The van der Waals surface area contributed by atoms with Gasteiger partial charge in [-0.2, -0.15) is 0 Å². The van der Waals surface area contributed by atoms with Crippen LogP contribution in [0.1, 0.15) is 19.0 Å². The first-order chi connectivity index (χ1) is 20.0. The zero-order chi connectivity index (χ0) is 28.3. The molecule has 0 saturated heterocycles. The molecule has 0 aliphatic carbocycles. The zero-order valence-corrected chi connectivity index (χ0v) is 21.7. The monoisotopic (exact) mass is 548 g/mol. The van der Waals surface area contributed by atoms with Gasteiger partial charge in [0.25, 0.3) is 6.43 Å². The average Bonchev–Trinajstić information content (AvgIpc) is 3.48. The summed E-state index contributed by atoms with van der Waals surface area (Å²) in [4.78, 5) is 41.5. The van der Waals surface area contributed by atoms with Crippen LogP contribution in [0.2, 0.25) is 0 Å². The molecule has 6 rings (SSSR count). The van der Waals surface area contributed by atoms with Crippen LogP contribution in [0, 0.1) is 0 Å². The van der Waals surface area contributed by atoms with E-state index in [-0.39, 0.29) is 23.1 Å². The van der Waals surface area contributed by atoms with Gasteiger partial charge in [0, 0.05) is 24.9 Å². The summed E-state index contributed by atoms with van der Waals surface area (Å²) >= 11 is 0. The number of halogens is 2. The van der Waals surface area contributed by atoms with Gasteiger partial charge in [0.15, 0.2) is 22.8 Å². The maximum absolute atomic E-state index is 13.4. The lowest BCUT2D eigenvalue weighted by molar-refractivity contribution is -0.115. The molecule has 1 amide bonds. The van der Waals surface area contributed by atoms with Crippen LogP contribution in [-0.4, -0.2) is 35.8 Å². The van der Waals surface area contributed by atoms with Crippen LogP contribution in [0.4, 0.5) is 37.5 Å². The Bertz CT molecular complexity index is 1830. The summed E-state index contributed by atoms with van der Waals surface area (Å²) in [5.74, 6) is 0.717. The number of H-pyrrole nitrogens is 1. The Balaban J connectivity index is 1.55. The maximum atomic E-state index is 13.4. The summed E-state index contributed by atoms with van der Waals surface area (Å²) in [5.41, 5.74) is 2.71. The van der Waals surface area contributed by atoms with Crippen LogP contribution in [-0.2, 0) is 4.79 Å². The number of alkyl halides is 2. The second kappa shape index (κ2) is 10.9. The lowest BCUT2D eigenvalue weighted by Gasteiger charge is -2.26. The van der Waals surface area contributed by atoms with Gasteiger partial charge >= 0.3 is 0 Å². The van der Waals surface area contributed by atoms with Gasteiger partial charge in [-0.25, -0.2) is 33.7 Å². The van der Waals surface area contributed by atoms with Crippen molar-refractivity contribution in [3.8, 4) is 11.5 Å². The van der Waals surface area contributed by atoms with Crippen LogP contribution < -0.4 is 9.80 Å². The van der Waals surface area contributed by atoms with Crippen molar-refractivity contribution in [3.63, 3.8) is 0 Å². The summed E-state index contributed by atoms with van der Waals surface area (Å²) in [6, 6.07) is 26.6. The van der Waals surface area contributed by atoms with E-state index in [1.54, 1.807) is 24.4 Å². The van der Waals surface area contributed by atoms with Gasteiger partial charge in [-0.15, -0.1) is 0 Å². The average molecular weight is 549 g/mol. The molecule has 0 bridgehead atoms. The number of nitrogens with one attached hydrogen (secondary N) is 1. The molecule has 0 unspecified atom stereocenters. The maximum Gasteiger partial charge on any atom is 0.280 e. The molecule has 41 heavy (non-hydrogen) atoms. The number of carbonyl (C=O) groups excluding carboxylic acids is 1. The zero-order valence-electron chi connectivity index (χ0n) is 21.7. The Morgan fingerprint density at radius 3 is 2.24 bits per heavy atom. The van der Waals surface area contributed by atoms with Crippen LogP contribution in [0.3, 0.4) is 0 Å². The second-order valence-electron chi connectivity index (χ2n) is 8.95. The van der Waals surface area contributed by atoms with E-state index in [0.717, 1.165) is 5.69 Å². The van der Waals surface area contributed by atoms with E-state index in [2.05, 4.69) is 24.9 Å². The first kappa shape index (κ1) is 25.7. The quantitative estimate of drug-likeness (QED) is 0.231. The van der Waals surface area contributed by atoms with Gasteiger partial charge in [0.2, 0.25) is 5.91 Å². The molecule has 0 aliphatic rings. The highest BCUT2D eigenvalue weighted by Crippen LogP contribution is 2.39. The van der Waals surface area contributed by atoms with Crippen LogP contribution >= 0.6 is 0 Å². The molecule has 202 valence electrons. The number of imidazole rings is 1. The number of hydrogen-bond donors (Lipinski definition) is 1. The summed E-state index contributed by atoms with van der Waals surface area (Å²) in [7, 11) is 0. The Morgan fingerprint density at radius 2 is 1.54 bits per heavy atom. The van der Waals surface area contributed by atoms with Gasteiger partial charge in [-0.3, -0.25) is 14.6 Å². The number of aromatic nitrogens is 6. The van der Waals surface area contributed by atoms with Crippen molar-refractivity contribution in [3.05, 3.63) is 109 Å². The molecule has 0 radical (unpaired) electrons. The molecule has 4 aromatic heterocycles. The highest BCUT2D eigenvalue weighted by molar-refractivity contribution is 5.99. The van der Waals surface area contributed by atoms with Crippen molar-refractivity contribution in [2.75, 3.05) is 9.80 Å². The Morgan fingerprint density at radius 1 is 0.805 bits per heavy atom. The molecular formula is C30H22F2N8O. The second-order valence-corrected chi connectivity index (χ2v) is 8.95. The number of pyridine rings is 2. The van der Waals surface area contributed by atoms with Crippen LogP contribution in [0.25, 0.3) is 22.7 Å². The van der Waals surface area contributed by atoms with Crippen LogP contribution in [0.15, 0.2) is 104 Å². The van der Waals surface area contributed by atoms with Crippen molar-refractivity contribution >= 4 is 45.8 Å². The minimum atomic E-state index is -2.74. The van der Waals surface area contributed by atoms with Gasteiger partial charge in [-0.05, 0) is 42.5 Å². The van der Waals surface area contributed by atoms with E-state index in [4.69, 9.17) is 4.98 Å². The van der Waals surface area contributed by atoms with Crippen molar-refractivity contribution in [2.24, 2.45) is 0 Å². The van der Waals surface area contributed by atoms with Crippen molar-refractivity contribution in [1.29, 1.82) is 0 Å². The molecule has 0 atom stereocenters. The summed E-state index contributed by atoms with van der Waals surface area (Å²) in [6.45, 7) is 1.47. The summed E-state index contributed by atoms with van der Waals surface area (Å²) in [5, 5.41) is 0. The first-order valence-corrected chi connectivity index (χ1v) is 12.6. The molecule has 11 heteroatoms. The summed E-state index contributed by atoms with van der Waals surface area (Å²) < 4.78 is 26.9. The number of hydrogen-bond acceptors (Lipinski definition) is 7. The van der Waals surface area contributed by atoms with Crippen molar-refractivity contribution in [1.82, 2.24) is 29.9 Å². The molecule has 0 saturated carbocycles. The SMILES string of the molecule is CC(=O)N(c1ccccc1)c1cc(N(c2ccccc2)c2nc(-c3cccc(C(F)F)n3)nc3[nH]cnc23)ccn1. The molecule has 1 N–H and O–H groups in total. The van der Waals surface area contributed by atoms with E-state index < -0.39 is 6.43 Å². The third-order valence-electron chi connectivity index (χ3n) is 6.26. The normalized spacial score (nSPS) is 11.1. The minimum Gasteiger partial charge on any atom is -0.329 e. The third-order valence-corrected chi connectivity index (χ3v) is 6.26. The molecule has 9 nitrogen and oxygen atoms in total. The molecule has 0 aliphatic heterocycles. The number of rotatable bonds is 7. The van der Waals surface area contributed by atoms with Gasteiger partial charge in [0.05, 0.1) is 17.7 Å². The number of nitrogens with zero attached hydrogens (tertiary/aromatic N) is 7. The molecule has 4 heterocycles. The van der Waals surface area contributed by atoms with Gasteiger partial charge in [-0.1, -0.05) is 42.5 Å². The number of benzene rings is 2. The van der Waals surface area contributed by atoms with Crippen molar-refractivity contribution < 1.29 is 13.6 Å². The molecule has 6 aromatic rings. The topological polar surface area (TPSA) is 104 Å². The first-order valence-electron chi connectivity index (χ1n) is 12.6. The Hall–Kier alpha value is -5.58. The number of anilines is 5. The summed E-state index contributed by atoms with van der Waals surface area (Å²) in [6.07, 6.45) is 0.357. The predicted octanol–water partition coefficient (Wildman–Crippen LogP) is 6.90. The van der Waals surface area contributed by atoms with Gasteiger partial charge < -0.3 is 4.98 Å². The number of para-hydroxylation sites is 2. The van der Waals surface area contributed by atoms with E-state index in [1.165, 1.54) is 30.3 Å². The smallest absolute Gasteiger partial charge is 0.280 e. The molecule has 2 aromatic carbocycles. The van der Waals surface area contributed by atoms with E-state index in [1.807, 2.05) is 65.6 Å². The third kappa shape index (κ3) is 5.08. The predicted molar refractivity (Wildman–Crippen MR) is 152 cm³/mol. The molecule has 0 fully saturated rings.